The van der Waals surface area contributed by atoms with Crippen LogP contribution in [0, 0.1) is 0 Å². The van der Waals surface area contributed by atoms with Crippen molar-refractivity contribution >= 4 is 16.9 Å². The Hall–Kier alpha value is -2.96. The molecule has 0 atom stereocenters. The summed E-state index contributed by atoms with van der Waals surface area (Å²) in [6, 6.07) is 10.6. The highest BCUT2D eigenvalue weighted by atomic mass is 19.4. The number of alkyl halides is 3. The number of H-pyrrole nitrogens is 1. The van der Waals surface area contributed by atoms with E-state index in [9.17, 15) is 23.1 Å². The Kier molecular flexibility index (Phi) is 4.63. The largest absolute Gasteiger partial charge is 0.494 e. The van der Waals surface area contributed by atoms with E-state index in [1.165, 1.54) is 12.1 Å². The molecule has 0 aliphatic rings. The van der Waals surface area contributed by atoms with E-state index >= 15 is 0 Å². The molecule has 136 valence electrons. The Morgan fingerprint density at radius 3 is 2.58 bits per heavy atom. The Balaban J connectivity index is 2.27. The fourth-order valence-corrected chi connectivity index (χ4v) is 3.00. The fourth-order valence-electron chi connectivity index (χ4n) is 3.00. The summed E-state index contributed by atoms with van der Waals surface area (Å²) in [4.78, 5) is 14.1. The van der Waals surface area contributed by atoms with Crippen LogP contribution in [0.5, 0.6) is 5.75 Å². The summed E-state index contributed by atoms with van der Waals surface area (Å²) in [5, 5.41) is 9.47. The Bertz CT molecular complexity index is 960. The highest BCUT2D eigenvalue weighted by Gasteiger charge is 2.34. The first kappa shape index (κ1) is 17.8. The van der Waals surface area contributed by atoms with Crippen LogP contribution in [0.15, 0.2) is 42.5 Å². The monoisotopic (exact) mass is 363 g/mol. The maximum Gasteiger partial charge on any atom is 0.418 e. The average Bonchev–Trinajstić information content (AvgIpc) is 2.92. The zero-order valence-corrected chi connectivity index (χ0v) is 13.9. The third-order valence-electron chi connectivity index (χ3n) is 4.01. The second kappa shape index (κ2) is 6.74. The van der Waals surface area contributed by atoms with Gasteiger partial charge in [0.25, 0.3) is 0 Å². The van der Waals surface area contributed by atoms with Gasteiger partial charge in [-0.3, -0.25) is 4.79 Å². The molecule has 0 fully saturated rings. The van der Waals surface area contributed by atoms with Crippen LogP contribution < -0.4 is 4.74 Å². The third-order valence-corrected chi connectivity index (χ3v) is 4.01. The Labute approximate surface area is 147 Å². The number of aromatic nitrogens is 1. The Morgan fingerprint density at radius 2 is 1.92 bits per heavy atom. The molecule has 0 aliphatic carbocycles. The topological polar surface area (TPSA) is 62.3 Å². The molecule has 0 unspecified atom stereocenters. The molecule has 7 heteroatoms. The number of carbonyl (C=O) groups is 1. The predicted molar refractivity (Wildman–Crippen MR) is 91.2 cm³/mol. The summed E-state index contributed by atoms with van der Waals surface area (Å²) >= 11 is 0. The Morgan fingerprint density at radius 1 is 1.19 bits per heavy atom. The summed E-state index contributed by atoms with van der Waals surface area (Å²) in [6.45, 7) is 2.26. The lowest BCUT2D eigenvalue weighted by Crippen LogP contribution is -2.05. The van der Waals surface area contributed by atoms with E-state index in [-0.39, 0.29) is 10.9 Å². The van der Waals surface area contributed by atoms with Crippen molar-refractivity contribution in [2.45, 2.75) is 19.5 Å². The minimum absolute atomic E-state index is 0.118. The van der Waals surface area contributed by atoms with Crippen molar-refractivity contribution < 1.29 is 27.8 Å². The standard InChI is InChI=1S/C19H16F3NO3/c1-2-26-12-6-3-5-11(9-12)17-14(10-16(24)25)13-7-4-8-15(18(13)23-17)19(20,21)22/h3-9,23H,2,10H2,1H3,(H,24,25). The van der Waals surface area contributed by atoms with Gasteiger partial charge in [0.15, 0.2) is 0 Å². The van der Waals surface area contributed by atoms with Crippen LogP contribution in [0.2, 0.25) is 0 Å². The maximum atomic E-state index is 13.3. The molecule has 0 spiro atoms. The number of carboxylic acids is 1. The van der Waals surface area contributed by atoms with Crippen LogP contribution in [0.3, 0.4) is 0 Å². The quantitative estimate of drug-likeness (QED) is 0.679. The number of nitrogens with one attached hydrogen (secondary N) is 1. The lowest BCUT2D eigenvalue weighted by Gasteiger charge is -2.07. The zero-order valence-electron chi connectivity index (χ0n) is 13.9. The molecule has 0 amide bonds. The van der Waals surface area contributed by atoms with Crippen LogP contribution in [0.25, 0.3) is 22.2 Å². The van der Waals surface area contributed by atoms with Gasteiger partial charge in [-0.05, 0) is 30.7 Å². The lowest BCUT2D eigenvalue weighted by atomic mass is 10.0. The molecule has 0 aliphatic heterocycles. The fraction of sp³-hybridized carbons (Fsp3) is 0.211. The molecule has 0 saturated carbocycles. The average molecular weight is 363 g/mol. The zero-order chi connectivity index (χ0) is 18.9. The number of ether oxygens (including phenoxy) is 1. The van der Waals surface area contributed by atoms with Gasteiger partial charge < -0.3 is 14.8 Å². The van der Waals surface area contributed by atoms with Gasteiger partial charge in [-0.15, -0.1) is 0 Å². The summed E-state index contributed by atoms with van der Waals surface area (Å²) in [5.41, 5.74) is 0.284. The minimum Gasteiger partial charge on any atom is -0.494 e. The number of hydrogen-bond acceptors (Lipinski definition) is 2. The van der Waals surface area contributed by atoms with Crippen molar-refractivity contribution in [2.24, 2.45) is 0 Å². The van der Waals surface area contributed by atoms with Crippen LogP contribution in [0.4, 0.5) is 13.2 Å². The second-order valence-corrected chi connectivity index (χ2v) is 5.74. The van der Waals surface area contributed by atoms with Crippen molar-refractivity contribution in [1.29, 1.82) is 0 Å². The van der Waals surface area contributed by atoms with E-state index in [1.54, 1.807) is 24.3 Å². The van der Waals surface area contributed by atoms with Crippen molar-refractivity contribution in [3.05, 3.63) is 53.6 Å². The minimum atomic E-state index is -4.55. The number of fused-ring (bicyclic) bond motifs is 1. The summed E-state index contributed by atoms with van der Waals surface area (Å²) < 4.78 is 45.4. The molecule has 3 aromatic rings. The van der Waals surface area contributed by atoms with Crippen molar-refractivity contribution in [3.8, 4) is 17.0 Å². The molecule has 1 heterocycles. The first-order valence-corrected chi connectivity index (χ1v) is 7.97. The highest BCUT2D eigenvalue weighted by molar-refractivity contribution is 5.95. The van der Waals surface area contributed by atoms with Crippen LogP contribution in [0.1, 0.15) is 18.1 Å². The molecule has 2 N–H and O–H groups in total. The molecular weight excluding hydrogens is 347 g/mol. The van der Waals surface area contributed by atoms with Gasteiger partial charge in [0.2, 0.25) is 0 Å². The number of benzene rings is 2. The van der Waals surface area contributed by atoms with E-state index in [0.717, 1.165) is 6.07 Å². The molecule has 1 aromatic heterocycles. The summed E-state index contributed by atoms with van der Waals surface area (Å²) in [6.07, 6.45) is -4.94. The normalized spacial score (nSPS) is 11.7. The molecule has 0 saturated heterocycles. The van der Waals surface area contributed by atoms with Gasteiger partial charge in [-0.25, -0.2) is 0 Å². The summed E-state index contributed by atoms with van der Waals surface area (Å²) in [7, 11) is 0. The number of halogens is 3. The van der Waals surface area contributed by atoms with E-state index in [4.69, 9.17) is 4.74 Å². The van der Waals surface area contributed by atoms with Crippen molar-refractivity contribution in [1.82, 2.24) is 4.98 Å². The predicted octanol–water partition coefficient (Wildman–Crippen LogP) is 4.88. The van der Waals surface area contributed by atoms with Gasteiger partial charge in [-0.2, -0.15) is 13.2 Å². The number of aliphatic carboxylic acids is 1. The molecule has 2 aromatic carbocycles. The summed E-state index contributed by atoms with van der Waals surface area (Å²) in [5.74, 6) is -0.563. The molecule has 0 radical (unpaired) electrons. The smallest absolute Gasteiger partial charge is 0.418 e. The molecule has 0 bridgehead atoms. The van der Waals surface area contributed by atoms with Gasteiger partial charge in [0.1, 0.15) is 5.75 Å². The SMILES string of the molecule is CCOc1cccc(-c2[nH]c3c(C(F)(F)F)cccc3c2CC(=O)O)c1. The van der Waals surface area contributed by atoms with Gasteiger partial charge in [-0.1, -0.05) is 24.3 Å². The molecule has 3 rings (SSSR count). The van der Waals surface area contributed by atoms with E-state index in [0.29, 0.717) is 29.2 Å². The molecule has 4 nitrogen and oxygen atoms in total. The third kappa shape index (κ3) is 3.37. The van der Waals surface area contributed by atoms with E-state index < -0.39 is 24.1 Å². The first-order valence-electron chi connectivity index (χ1n) is 7.97. The van der Waals surface area contributed by atoms with Crippen molar-refractivity contribution in [3.63, 3.8) is 0 Å². The number of rotatable bonds is 5. The second-order valence-electron chi connectivity index (χ2n) is 5.74. The first-order chi connectivity index (χ1) is 12.3. The van der Waals surface area contributed by atoms with E-state index in [1.807, 2.05) is 6.92 Å². The van der Waals surface area contributed by atoms with Crippen LogP contribution in [-0.4, -0.2) is 22.7 Å². The number of carboxylic acid groups (broad SMARTS) is 1. The van der Waals surface area contributed by atoms with Crippen LogP contribution >= 0.6 is 0 Å². The molecule has 26 heavy (non-hydrogen) atoms. The van der Waals surface area contributed by atoms with Crippen molar-refractivity contribution in [2.75, 3.05) is 6.61 Å². The maximum absolute atomic E-state index is 13.3. The van der Waals surface area contributed by atoms with E-state index in [2.05, 4.69) is 4.98 Å². The molecular formula is C19H16F3NO3. The number of hydrogen-bond donors (Lipinski definition) is 2. The van der Waals surface area contributed by atoms with Gasteiger partial charge >= 0.3 is 12.1 Å². The van der Waals surface area contributed by atoms with Gasteiger partial charge in [0, 0.05) is 10.9 Å². The van der Waals surface area contributed by atoms with Crippen LogP contribution in [-0.2, 0) is 17.4 Å². The highest BCUT2D eigenvalue weighted by Crippen LogP contribution is 2.39. The lowest BCUT2D eigenvalue weighted by molar-refractivity contribution is -0.137. The number of aromatic amines is 1. The van der Waals surface area contributed by atoms with Gasteiger partial charge in [0.05, 0.1) is 29.8 Å². The number of para-hydroxylation sites is 1.